The second-order valence-electron chi connectivity index (χ2n) is 7.05. The maximum Gasteiger partial charge on any atom is 0.303 e. The molecule has 1 heterocycles. The summed E-state index contributed by atoms with van der Waals surface area (Å²) < 4.78 is 5.80. The topological polar surface area (TPSA) is 95.9 Å². The van der Waals surface area contributed by atoms with E-state index >= 15 is 0 Å². The lowest BCUT2D eigenvalue weighted by Gasteiger charge is -2.39. The van der Waals surface area contributed by atoms with Crippen molar-refractivity contribution in [3.8, 4) is 5.75 Å². The van der Waals surface area contributed by atoms with E-state index in [1.165, 1.54) is 0 Å². The van der Waals surface area contributed by atoms with Crippen molar-refractivity contribution in [1.82, 2.24) is 0 Å². The molecule has 0 spiro atoms. The standard InChI is InChI=1S/C18H24N2O5/c1-11(2)10-20-13-9-12(19-15(21)7-8-16(22)23)5-6-14(13)25-18(3,4)17(20)24/h5-6,9,11H,7-8,10H2,1-4H3,(H,19,21)(H,22,23). The predicted octanol–water partition coefficient (Wildman–Crippen LogP) is 2.65. The van der Waals surface area contributed by atoms with E-state index in [1.807, 2.05) is 13.8 Å². The second-order valence-corrected chi connectivity index (χ2v) is 7.05. The molecular weight excluding hydrogens is 324 g/mol. The lowest BCUT2D eigenvalue weighted by atomic mass is 10.0. The minimum Gasteiger partial charge on any atom is -0.481 e. The van der Waals surface area contributed by atoms with Crippen LogP contribution in [-0.2, 0) is 14.4 Å². The molecular formula is C18H24N2O5. The summed E-state index contributed by atoms with van der Waals surface area (Å²) in [6.07, 6.45) is -0.337. The van der Waals surface area contributed by atoms with Crippen LogP contribution in [-0.4, -0.2) is 35.0 Å². The molecule has 0 atom stereocenters. The molecule has 1 aromatic carbocycles. The molecule has 0 unspecified atom stereocenters. The van der Waals surface area contributed by atoms with Crippen LogP contribution in [0, 0.1) is 5.92 Å². The van der Waals surface area contributed by atoms with Gasteiger partial charge in [0.15, 0.2) is 5.60 Å². The quantitative estimate of drug-likeness (QED) is 0.824. The molecule has 2 rings (SSSR count). The van der Waals surface area contributed by atoms with Crippen LogP contribution in [0.2, 0.25) is 0 Å². The van der Waals surface area contributed by atoms with Crippen molar-refractivity contribution in [1.29, 1.82) is 0 Å². The first kappa shape index (κ1) is 18.8. The third-order valence-corrected chi connectivity index (χ3v) is 3.77. The van der Waals surface area contributed by atoms with E-state index in [2.05, 4.69) is 5.32 Å². The number of hydrogen-bond acceptors (Lipinski definition) is 4. The van der Waals surface area contributed by atoms with Gasteiger partial charge in [0.2, 0.25) is 5.91 Å². The monoisotopic (exact) mass is 348 g/mol. The Morgan fingerprint density at radius 2 is 1.96 bits per heavy atom. The number of hydrogen-bond donors (Lipinski definition) is 2. The molecule has 0 bridgehead atoms. The number of ether oxygens (including phenoxy) is 1. The Morgan fingerprint density at radius 3 is 2.56 bits per heavy atom. The summed E-state index contributed by atoms with van der Waals surface area (Å²) in [4.78, 5) is 36.8. The van der Waals surface area contributed by atoms with E-state index in [0.717, 1.165) is 0 Å². The number of carboxylic acids is 1. The summed E-state index contributed by atoms with van der Waals surface area (Å²) >= 11 is 0. The maximum atomic E-state index is 12.7. The molecule has 136 valence electrons. The Hall–Kier alpha value is -2.57. The van der Waals surface area contributed by atoms with Crippen LogP contribution < -0.4 is 15.0 Å². The maximum absolute atomic E-state index is 12.7. The van der Waals surface area contributed by atoms with Gasteiger partial charge in [0, 0.05) is 18.7 Å². The van der Waals surface area contributed by atoms with E-state index in [9.17, 15) is 14.4 Å². The highest BCUT2D eigenvalue weighted by Crippen LogP contribution is 2.39. The van der Waals surface area contributed by atoms with Gasteiger partial charge in [-0.1, -0.05) is 13.8 Å². The van der Waals surface area contributed by atoms with Crippen molar-refractivity contribution >= 4 is 29.2 Å². The number of carbonyl (C=O) groups excluding carboxylic acids is 2. The van der Waals surface area contributed by atoms with Crippen LogP contribution in [0.4, 0.5) is 11.4 Å². The van der Waals surface area contributed by atoms with Gasteiger partial charge in [-0.25, -0.2) is 0 Å². The molecule has 0 radical (unpaired) electrons. The number of carbonyl (C=O) groups is 3. The molecule has 1 aromatic rings. The number of carboxylic acid groups (broad SMARTS) is 1. The summed E-state index contributed by atoms with van der Waals surface area (Å²) in [6.45, 7) is 8.04. The van der Waals surface area contributed by atoms with Gasteiger partial charge in [0.25, 0.3) is 5.91 Å². The van der Waals surface area contributed by atoms with Gasteiger partial charge in [-0.3, -0.25) is 14.4 Å². The van der Waals surface area contributed by atoms with Crippen molar-refractivity contribution in [2.75, 3.05) is 16.8 Å². The summed E-state index contributed by atoms with van der Waals surface area (Å²) in [5.41, 5.74) is 0.154. The Morgan fingerprint density at radius 1 is 1.28 bits per heavy atom. The summed E-state index contributed by atoms with van der Waals surface area (Å²) in [6, 6.07) is 5.07. The van der Waals surface area contributed by atoms with Crippen molar-refractivity contribution in [3.63, 3.8) is 0 Å². The zero-order valence-electron chi connectivity index (χ0n) is 15.0. The smallest absolute Gasteiger partial charge is 0.303 e. The van der Waals surface area contributed by atoms with Crippen molar-refractivity contribution in [3.05, 3.63) is 18.2 Å². The number of benzene rings is 1. The second kappa shape index (κ2) is 7.13. The number of rotatable bonds is 6. The summed E-state index contributed by atoms with van der Waals surface area (Å²) in [7, 11) is 0. The van der Waals surface area contributed by atoms with Gasteiger partial charge < -0.3 is 20.1 Å². The predicted molar refractivity (Wildman–Crippen MR) is 93.8 cm³/mol. The van der Waals surface area contributed by atoms with Crippen LogP contribution in [0.15, 0.2) is 18.2 Å². The van der Waals surface area contributed by atoms with Gasteiger partial charge in [-0.15, -0.1) is 0 Å². The zero-order valence-corrected chi connectivity index (χ0v) is 15.0. The highest BCUT2D eigenvalue weighted by atomic mass is 16.5. The fourth-order valence-electron chi connectivity index (χ4n) is 2.64. The summed E-state index contributed by atoms with van der Waals surface area (Å²) in [5.74, 6) is -0.706. The number of nitrogens with zero attached hydrogens (tertiary/aromatic N) is 1. The lowest BCUT2D eigenvalue weighted by molar-refractivity contribution is -0.138. The Kier molecular flexibility index (Phi) is 5.35. The average molecular weight is 348 g/mol. The van der Waals surface area contributed by atoms with Crippen LogP contribution in [0.25, 0.3) is 0 Å². The summed E-state index contributed by atoms with van der Waals surface area (Å²) in [5, 5.41) is 11.3. The molecule has 0 aliphatic carbocycles. The van der Waals surface area contributed by atoms with Gasteiger partial charge >= 0.3 is 5.97 Å². The number of anilines is 2. The van der Waals surface area contributed by atoms with Crippen LogP contribution in [0.1, 0.15) is 40.5 Å². The van der Waals surface area contributed by atoms with Gasteiger partial charge in [-0.2, -0.15) is 0 Å². The molecule has 0 aromatic heterocycles. The Labute approximate surface area is 147 Å². The Bertz CT molecular complexity index is 697. The number of nitrogens with one attached hydrogen (secondary N) is 1. The van der Waals surface area contributed by atoms with Crippen molar-refractivity contribution < 1.29 is 24.2 Å². The first-order valence-electron chi connectivity index (χ1n) is 8.27. The number of amides is 2. The fraction of sp³-hybridized carbons (Fsp3) is 0.500. The third kappa shape index (κ3) is 4.49. The van der Waals surface area contributed by atoms with Crippen molar-refractivity contribution in [2.24, 2.45) is 5.92 Å². The minimum atomic E-state index is -1.02. The van der Waals surface area contributed by atoms with Gasteiger partial charge in [-0.05, 0) is 38.0 Å². The lowest BCUT2D eigenvalue weighted by Crippen LogP contribution is -2.53. The minimum absolute atomic E-state index is 0.107. The average Bonchev–Trinajstić information content (AvgIpc) is 2.50. The largest absolute Gasteiger partial charge is 0.481 e. The van der Waals surface area contributed by atoms with Gasteiger partial charge in [0.05, 0.1) is 12.1 Å². The molecule has 0 fully saturated rings. The molecule has 2 N–H and O–H groups in total. The molecule has 7 heteroatoms. The van der Waals surface area contributed by atoms with E-state index in [1.54, 1.807) is 36.9 Å². The van der Waals surface area contributed by atoms with Crippen molar-refractivity contribution in [2.45, 2.75) is 46.1 Å². The highest BCUT2D eigenvalue weighted by Gasteiger charge is 2.41. The SMILES string of the molecule is CC(C)CN1C(=O)C(C)(C)Oc2ccc(NC(=O)CCC(=O)O)cc21. The Balaban J connectivity index is 2.27. The van der Waals surface area contributed by atoms with Crippen LogP contribution >= 0.6 is 0 Å². The first-order valence-corrected chi connectivity index (χ1v) is 8.27. The molecule has 0 saturated heterocycles. The zero-order chi connectivity index (χ0) is 18.8. The molecule has 2 amide bonds. The van der Waals surface area contributed by atoms with E-state index in [0.29, 0.717) is 23.7 Å². The molecule has 7 nitrogen and oxygen atoms in total. The van der Waals surface area contributed by atoms with Crippen LogP contribution in [0.5, 0.6) is 5.75 Å². The molecule has 0 saturated carbocycles. The van der Waals surface area contributed by atoms with E-state index in [4.69, 9.17) is 9.84 Å². The van der Waals surface area contributed by atoms with E-state index < -0.39 is 11.6 Å². The number of aliphatic carboxylic acids is 1. The molecule has 1 aliphatic rings. The van der Waals surface area contributed by atoms with Gasteiger partial charge in [0.1, 0.15) is 5.75 Å². The molecule has 1 aliphatic heterocycles. The highest BCUT2D eigenvalue weighted by molar-refractivity contribution is 6.03. The first-order chi connectivity index (χ1) is 11.6. The number of fused-ring (bicyclic) bond motifs is 1. The molecule has 25 heavy (non-hydrogen) atoms. The fourth-order valence-corrected chi connectivity index (χ4v) is 2.64. The normalized spacial score (nSPS) is 15.6. The van der Waals surface area contributed by atoms with E-state index in [-0.39, 0.29) is 30.6 Å². The third-order valence-electron chi connectivity index (χ3n) is 3.77. The van der Waals surface area contributed by atoms with Crippen LogP contribution in [0.3, 0.4) is 0 Å².